The van der Waals surface area contributed by atoms with Gasteiger partial charge >= 0.3 is 0 Å². The number of aromatic nitrogens is 2. The second kappa shape index (κ2) is 9.82. The Morgan fingerprint density at radius 2 is 1.08 bits per heavy atom. The standard InChI is InChI=1S/C34H20N4/c1-36-28-17-19-38-34(21-28)27-14-10-25(11-15-27)30-5-3-6-31-29(4-2-7-32(30)31)24-8-12-26(13-9-24)33-20-23(22-35)16-18-37-33/h2-21H. The van der Waals surface area contributed by atoms with Crippen LogP contribution in [0.15, 0.2) is 122 Å². The highest BCUT2D eigenvalue weighted by Crippen LogP contribution is 2.36. The fourth-order valence-corrected chi connectivity index (χ4v) is 4.76. The van der Waals surface area contributed by atoms with E-state index in [0.29, 0.717) is 11.3 Å². The topological polar surface area (TPSA) is 53.9 Å². The van der Waals surface area contributed by atoms with Crippen LogP contribution in [0.1, 0.15) is 5.56 Å². The number of rotatable bonds is 4. The van der Waals surface area contributed by atoms with Gasteiger partial charge in [-0.25, -0.2) is 4.85 Å². The normalized spacial score (nSPS) is 10.6. The van der Waals surface area contributed by atoms with E-state index in [9.17, 15) is 5.26 Å². The van der Waals surface area contributed by atoms with E-state index < -0.39 is 0 Å². The molecule has 176 valence electrons. The fraction of sp³-hybridized carbons (Fsp3) is 0. The fourth-order valence-electron chi connectivity index (χ4n) is 4.76. The number of fused-ring (bicyclic) bond motifs is 1. The molecule has 38 heavy (non-hydrogen) atoms. The van der Waals surface area contributed by atoms with Gasteiger partial charge in [0, 0.05) is 18.0 Å². The molecule has 0 spiro atoms. The molecule has 4 aromatic carbocycles. The lowest BCUT2D eigenvalue weighted by Gasteiger charge is -2.12. The summed E-state index contributed by atoms with van der Waals surface area (Å²) in [5, 5.41) is 11.6. The van der Waals surface area contributed by atoms with Crippen molar-refractivity contribution in [3.63, 3.8) is 0 Å². The van der Waals surface area contributed by atoms with Gasteiger partial charge in [-0.05, 0) is 62.9 Å². The average molecular weight is 485 g/mol. The first-order valence-corrected chi connectivity index (χ1v) is 12.2. The highest BCUT2D eigenvalue weighted by Gasteiger charge is 2.10. The molecule has 2 heterocycles. The van der Waals surface area contributed by atoms with E-state index >= 15 is 0 Å². The summed E-state index contributed by atoms with van der Waals surface area (Å²) in [6, 6.07) is 38.7. The molecule has 0 atom stereocenters. The first kappa shape index (κ1) is 22.9. The molecule has 0 saturated heterocycles. The average Bonchev–Trinajstić information content (AvgIpc) is 3.00. The summed E-state index contributed by atoms with van der Waals surface area (Å²) < 4.78 is 0. The lowest BCUT2D eigenvalue weighted by Crippen LogP contribution is -1.88. The van der Waals surface area contributed by atoms with Crippen LogP contribution in [0.3, 0.4) is 0 Å². The van der Waals surface area contributed by atoms with Crippen LogP contribution in [0.5, 0.6) is 0 Å². The Morgan fingerprint density at radius 3 is 1.61 bits per heavy atom. The van der Waals surface area contributed by atoms with Crippen LogP contribution in [0.4, 0.5) is 5.69 Å². The molecule has 0 unspecified atom stereocenters. The van der Waals surface area contributed by atoms with Crippen molar-refractivity contribution in [2.45, 2.75) is 0 Å². The zero-order valence-electron chi connectivity index (χ0n) is 20.3. The first-order valence-electron chi connectivity index (χ1n) is 12.2. The smallest absolute Gasteiger partial charge is 0.190 e. The Bertz CT molecular complexity index is 1730. The molecule has 2 aromatic heterocycles. The molecule has 4 nitrogen and oxygen atoms in total. The van der Waals surface area contributed by atoms with E-state index in [0.717, 1.165) is 44.8 Å². The van der Waals surface area contributed by atoms with Crippen LogP contribution in [-0.4, -0.2) is 9.97 Å². The minimum absolute atomic E-state index is 0.584. The van der Waals surface area contributed by atoms with E-state index in [4.69, 9.17) is 6.57 Å². The number of pyridine rings is 2. The molecule has 0 amide bonds. The number of hydrogen-bond donors (Lipinski definition) is 0. The van der Waals surface area contributed by atoms with Gasteiger partial charge in [0.05, 0.1) is 29.6 Å². The zero-order valence-corrected chi connectivity index (χ0v) is 20.3. The van der Waals surface area contributed by atoms with E-state index in [-0.39, 0.29) is 0 Å². The molecular weight excluding hydrogens is 464 g/mol. The lowest BCUT2D eigenvalue weighted by atomic mass is 9.92. The monoisotopic (exact) mass is 484 g/mol. The van der Waals surface area contributed by atoms with E-state index in [1.807, 2.05) is 12.1 Å². The third-order valence-electron chi connectivity index (χ3n) is 6.67. The predicted octanol–water partition coefficient (Wildman–Crippen LogP) is 8.72. The summed E-state index contributed by atoms with van der Waals surface area (Å²) in [5.74, 6) is 0. The molecule has 0 aliphatic rings. The largest absolute Gasteiger partial charge is 0.259 e. The first-order chi connectivity index (χ1) is 18.7. The van der Waals surface area contributed by atoms with Gasteiger partial charge in [-0.1, -0.05) is 84.9 Å². The van der Waals surface area contributed by atoms with Gasteiger partial charge in [0.15, 0.2) is 5.69 Å². The van der Waals surface area contributed by atoms with Gasteiger partial charge in [0.2, 0.25) is 0 Å². The second-order valence-corrected chi connectivity index (χ2v) is 8.91. The quantitative estimate of drug-likeness (QED) is 0.235. The zero-order chi connectivity index (χ0) is 25.9. The number of nitriles is 1. The van der Waals surface area contributed by atoms with Crippen molar-refractivity contribution in [2.24, 2.45) is 0 Å². The highest BCUT2D eigenvalue weighted by molar-refractivity contribution is 6.04. The van der Waals surface area contributed by atoms with Gasteiger partial charge in [0.1, 0.15) is 0 Å². The van der Waals surface area contributed by atoms with Crippen LogP contribution in [0.25, 0.3) is 60.4 Å². The van der Waals surface area contributed by atoms with Crippen molar-refractivity contribution in [3.05, 3.63) is 139 Å². The van der Waals surface area contributed by atoms with Crippen molar-refractivity contribution >= 4 is 16.5 Å². The number of nitrogens with zero attached hydrogens (tertiary/aromatic N) is 4. The predicted molar refractivity (Wildman–Crippen MR) is 152 cm³/mol. The second-order valence-electron chi connectivity index (χ2n) is 8.91. The summed E-state index contributed by atoms with van der Waals surface area (Å²) in [6.45, 7) is 7.25. The molecule has 0 saturated carbocycles. The highest BCUT2D eigenvalue weighted by atomic mass is 14.7. The summed E-state index contributed by atoms with van der Waals surface area (Å²) in [5.41, 5.74) is 9.28. The minimum Gasteiger partial charge on any atom is -0.259 e. The van der Waals surface area contributed by atoms with Gasteiger partial charge < -0.3 is 0 Å². The van der Waals surface area contributed by atoms with E-state index in [1.54, 1.807) is 24.5 Å². The maximum Gasteiger partial charge on any atom is 0.190 e. The third-order valence-corrected chi connectivity index (χ3v) is 6.67. The van der Waals surface area contributed by atoms with Crippen LogP contribution in [0, 0.1) is 17.9 Å². The Morgan fingerprint density at radius 1 is 0.579 bits per heavy atom. The summed E-state index contributed by atoms with van der Waals surface area (Å²) >= 11 is 0. The van der Waals surface area contributed by atoms with E-state index in [1.165, 1.54) is 10.8 Å². The van der Waals surface area contributed by atoms with Crippen LogP contribution in [0.2, 0.25) is 0 Å². The molecule has 4 heteroatoms. The Hall–Kier alpha value is -5.58. The molecule has 0 aliphatic carbocycles. The molecule has 0 radical (unpaired) electrons. The van der Waals surface area contributed by atoms with Gasteiger partial charge in [-0.15, -0.1) is 0 Å². The molecule has 0 aliphatic heterocycles. The Kier molecular flexibility index (Phi) is 5.91. The number of hydrogen-bond acceptors (Lipinski definition) is 3. The molecule has 0 fully saturated rings. The lowest BCUT2D eigenvalue weighted by molar-refractivity contribution is 1.31. The number of benzene rings is 4. The maximum atomic E-state index is 9.20. The summed E-state index contributed by atoms with van der Waals surface area (Å²) in [7, 11) is 0. The Labute approximate surface area is 221 Å². The van der Waals surface area contributed by atoms with Crippen LogP contribution < -0.4 is 0 Å². The molecule has 0 bridgehead atoms. The summed E-state index contributed by atoms with van der Waals surface area (Å²) in [6.07, 6.45) is 3.34. The Balaban J connectivity index is 1.36. The molecule has 6 aromatic rings. The molecule has 0 N–H and O–H groups in total. The van der Waals surface area contributed by atoms with Gasteiger partial charge in [-0.3, -0.25) is 9.97 Å². The molecule has 6 rings (SSSR count). The summed E-state index contributed by atoms with van der Waals surface area (Å²) in [4.78, 5) is 12.4. The van der Waals surface area contributed by atoms with Crippen LogP contribution in [-0.2, 0) is 0 Å². The van der Waals surface area contributed by atoms with Crippen molar-refractivity contribution in [1.29, 1.82) is 5.26 Å². The van der Waals surface area contributed by atoms with Crippen molar-refractivity contribution in [2.75, 3.05) is 0 Å². The van der Waals surface area contributed by atoms with Crippen molar-refractivity contribution < 1.29 is 0 Å². The van der Waals surface area contributed by atoms with Gasteiger partial charge in [-0.2, -0.15) is 5.26 Å². The van der Waals surface area contributed by atoms with Crippen molar-refractivity contribution in [3.8, 4) is 50.8 Å². The third kappa shape index (κ3) is 4.28. The van der Waals surface area contributed by atoms with Crippen LogP contribution >= 0.6 is 0 Å². The van der Waals surface area contributed by atoms with Crippen molar-refractivity contribution in [1.82, 2.24) is 9.97 Å². The molecular formula is C34H20N4. The maximum absolute atomic E-state index is 9.20. The minimum atomic E-state index is 0.584. The van der Waals surface area contributed by atoms with Gasteiger partial charge in [0.25, 0.3) is 0 Å². The SMILES string of the molecule is [C-]#[N+]c1ccnc(-c2ccc(-c3cccc4c(-c5ccc(-c6cc(C#N)ccn6)cc5)cccc34)cc2)c1. The van der Waals surface area contributed by atoms with E-state index in [2.05, 4.69) is 106 Å².